The lowest BCUT2D eigenvalue weighted by Gasteiger charge is -2.30. The van der Waals surface area contributed by atoms with Gasteiger partial charge in [-0.1, -0.05) is 12.1 Å². The number of aryl methyl sites for hydroxylation is 2. The molecule has 0 spiro atoms. The monoisotopic (exact) mass is 130 g/mol. The van der Waals surface area contributed by atoms with E-state index in [1.54, 1.807) is 22.3 Å². The molecular formula is C10H10. The van der Waals surface area contributed by atoms with E-state index in [0.29, 0.717) is 0 Å². The van der Waals surface area contributed by atoms with Crippen LogP contribution < -0.4 is 0 Å². The van der Waals surface area contributed by atoms with Gasteiger partial charge in [0.05, 0.1) is 0 Å². The first-order valence-electron chi connectivity index (χ1n) is 4.07. The first kappa shape index (κ1) is 4.95. The maximum atomic E-state index is 2.32. The molecule has 0 aromatic heterocycles. The molecule has 3 aliphatic carbocycles. The van der Waals surface area contributed by atoms with Crippen molar-refractivity contribution in [3.63, 3.8) is 0 Å². The van der Waals surface area contributed by atoms with Crippen LogP contribution >= 0.6 is 0 Å². The zero-order valence-electron chi connectivity index (χ0n) is 5.98. The quantitative estimate of drug-likeness (QED) is 0.503. The van der Waals surface area contributed by atoms with Crippen LogP contribution in [0.4, 0.5) is 0 Å². The lowest BCUT2D eigenvalue weighted by atomic mass is 9.75. The second kappa shape index (κ2) is 1.45. The summed E-state index contributed by atoms with van der Waals surface area (Å²) >= 11 is 0. The highest BCUT2D eigenvalue weighted by atomic mass is 14.3. The van der Waals surface area contributed by atoms with Crippen LogP contribution in [0, 0.1) is 0 Å². The third kappa shape index (κ3) is 0.406. The average molecular weight is 130 g/mol. The minimum Gasteiger partial charge on any atom is -0.0585 e. The predicted molar refractivity (Wildman–Crippen MR) is 41.3 cm³/mol. The van der Waals surface area contributed by atoms with Crippen molar-refractivity contribution in [3.05, 3.63) is 34.4 Å². The second-order valence-corrected chi connectivity index (χ2v) is 3.34. The maximum absolute atomic E-state index is 2.32. The Labute approximate surface area is 60.9 Å². The third-order valence-electron chi connectivity index (χ3n) is 2.91. The van der Waals surface area contributed by atoms with Crippen molar-refractivity contribution in [2.24, 2.45) is 0 Å². The van der Waals surface area contributed by atoms with E-state index < -0.39 is 0 Å². The molecule has 0 radical (unpaired) electrons. The van der Waals surface area contributed by atoms with E-state index in [2.05, 4.69) is 12.1 Å². The van der Waals surface area contributed by atoms with Gasteiger partial charge in [-0.25, -0.2) is 0 Å². The van der Waals surface area contributed by atoms with Crippen molar-refractivity contribution >= 4 is 0 Å². The first-order valence-corrected chi connectivity index (χ1v) is 4.07. The summed E-state index contributed by atoms with van der Waals surface area (Å²) in [6.07, 6.45) is 5.37. The summed E-state index contributed by atoms with van der Waals surface area (Å²) in [6, 6.07) is 4.63. The maximum Gasteiger partial charge on any atom is -0.0232 e. The Morgan fingerprint density at radius 3 is 1.40 bits per heavy atom. The van der Waals surface area contributed by atoms with Crippen LogP contribution in [0.3, 0.4) is 0 Å². The van der Waals surface area contributed by atoms with E-state index in [9.17, 15) is 0 Å². The Balaban J connectivity index is 2.43. The third-order valence-corrected chi connectivity index (χ3v) is 2.91. The Kier molecular flexibility index (Phi) is 0.715. The van der Waals surface area contributed by atoms with Crippen LogP contribution in [0.5, 0.6) is 0 Å². The smallest absolute Gasteiger partial charge is 0.0232 e. The fourth-order valence-electron chi connectivity index (χ4n) is 2.22. The summed E-state index contributed by atoms with van der Waals surface area (Å²) in [5.41, 5.74) is 6.67. The van der Waals surface area contributed by atoms with Gasteiger partial charge in [-0.2, -0.15) is 0 Å². The Morgan fingerprint density at radius 2 is 1.20 bits per heavy atom. The normalized spacial score (nSPS) is 18.4. The minimum atomic E-state index is 1.32. The van der Waals surface area contributed by atoms with Gasteiger partial charge in [0.15, 0.2) is 0 Å². The minimum absolute atomic E-state index is 1.32. The van der Waals surface area contributed by atoms with Crippen LogP contribution in [0.15, 0.2) is 12.1 Å². The summed E-state index contributed by atoms with van der Waals surface area (Å²) in [7, 11) is 0. The molecule has 0 unspecified atom stereocenters. The SMILES string of the molecule is c1cc2c3c(c1CC2)CC3. The molecule has 0 nitrogen and oxygen atoms in total. The molecule has 0 N–H and O–H groups in total. The molecule has 0 heterocycles. The molecule has 3 aliphatic rings. The molecule has 4 rings (SSSR count). The highest BCUT2D eigenvalue weighted by Gasteiger charge is 2.23. The van der Waals surface area contributed by atoms with Crippen molar-refractivity contribution in [1.82, 2.24) is 0 Å². The summed E-state index contributed by atoms with van der Waals surface area (Å²) in [5.74, 6) is 0. The van der Waals surface area contributed by atoms with Crippen LogP contribution in [-0.4, -0.2) is 0 Å². The number of hydrogen-bond acceptors (Lipinski definition) is 0. The van der Waals surface area contributed by atoms with Crippen molar-refractivity contribution in [2.75, 3.05) is 0 Å². The van der Waals surface area contributed by atoms with E-state index in [1.807, 2.05) is 0 Å². The molecule has 0 atom stereocenters. The summed E-state index contributed by atoms with van der Waals surface area (Å²) in [6.45, 7) is 0. The fraction of sp³-hybridized carbons (Fsp3) is 0.400. The van der Waals surface area contributed by atoms with Crippen LogP contribution in [-0.2, 0) is 25.7 Å². The molecule has 0 heteroatoms. The Hall–Kier alpha value is -0.780. The number of hydrogen-bond donors (Lipinski definition) is 0. The summed E-state index contributed by atoms with van der Waals surface area (Å²) < 4.78 is 0. The van der Waals surface area contributed by atoms with Crippen LogP contribution in [0.1, 0.15) is 22.3 Å². The lowest BCUT2D eigenvalue weighted by Crippen LogP contribution is -2.20. The highest BCUT2D eigenvalue weighted by Crippen LogP contribution is 2.35. The topological polar surface area (TPSA) is 0 Å². The largest absolute Gasteiger partial charge is 0.0585 e. The van der Waals surface area contributed by atoms with Gasteiger partial charge in [-0.05, 0) is 47.9 Å². The van der Waals surface area contributed by atoms with Gasteiger partial charge in [0.2, 0.25) is 0 Å². The van der Waals surface area contributed by atoms with E-state index >= 15 is 0 Å². The van der Waals surface area contributed by atoms with Gasteiger partial charge in [0.1, 0.15) is 0 Å². The molecule has 1 aromatic carbocycles. The highest BCUT2D eigenvalue weighted by molar-refractivity contribution is 5.50. The molecule has 0 fully saturated rings. The van der Waals surface area contributed by atoms with Crippen molar-refractivity contribution < 1.29 is 0 Å². The predicted octanol–water partition coefficient (Wildman–Crippen LogP) is 1.88. The van der Waals surface area contributed by atoms with E-state index in [4.69, 9.17) is 0 Å². The van der Waals surface area contributed by atoms with Crippen molar-refractivity contribution in [1.29, 1.82) is 0 Å². The van der Waals surface area contributed by atoms with Gasteiger partial charge in [0.25, 0.3) is 0 Å². The van der Waals surface area contributed by atoms with Crippen LogP contribution in [0.25, 0.3) is 0 Å². The molecule has 0 aliphatic heterocycles. The Bertz CT molecular complexity index is 266. The van der Waals surface area contributed by atoms with E-state index in [1.165, 1.54) is 25.7 Å². The standard InChI is InChI=1S/C10H10/c1-2-8-4-3-7(1)9-5-6-10(8)9/h1-2H,3-6H2. The molecule has 0 saturated carbocycles. The summed E-state index contributed by atoms with van der Waals surface area (Å²) in [4.78, 5) is 0. The molecule has 2 bridgehead atoms. The van der Waals surface area contributed by atoms with Gasteiger partial charge < -0.3 is 0 Å². The number of benzene rings is 1. The number of fused-ring (bicyclic) bond motifs is 2. The van der Waals surface area contributed by atoms with Crippen LogP contribution in [0.2, 0.25) is 0 Å². The zero-order valence-corrected chi connectivity index (χ0v) is 5.98. The fourth-order valence-corrected chi connectivity index (χ4v) is 2.22. The zero-order chi connectivity index (χ0) is 6.55. The Morgan fingerprint density at radius 1 is 0.700 bits per heavy atom. The van der Waals surface area contributed by atoms with E-state index in [-0.39, 0.29) is 0 Å². The first-order chi connectivity index (χ1) is 4.95. The van der Waals surface area contributed by atoms with E-state index in [0.717, 1.165) is 0 Å². The average Bonchev–Trinajstić information content (AvgIpc) is 1.88. The van der Waals surface area contributed by atoms with Gasteiger partial charge in [-0.3, -0.25) is 0 Å². The van der Waals surface area contributed by atoms with Gasteiger partial charge in [0, 0.05) is 0 Å². The van der Waals surface area contributed by atoms with Crippen molar-refractivity contribution in [2.45, 2.75) is 25.7 Å². The molecule has 50 valence electrons. The second-order valence-electron chi connectivity index (χ2n) is 3.34. The molecule has 0 saturated heterocycles. The molecule has 0 amide bonds. The van der Waals surface area contributed by atoms with Gasteiger partial charge in [-0.15, -0.1) is 0 Å². The molecule has 10 heavy (non-hydrogen) atoms. The summed E-state index contributed by atoms with van der Waals surface area (Å²) in [5, 5.41) is 0. The van der Waals surface area contributed by atoms with Gasteiger partial charge >= 0.3 is 0 Å². The molecule has 1 aromatic rings. The van der Waals surface area contributed by atoms with Crippen molar-refractivity contribution in [3.8, 4) is 0 Å². The molecular weight excluding hydrogens is 120 g/mol. The lowest BCUT2D eigenvalue weighted by molar-refractivity contribution is 0.738. The number of rotatable bonds is 0.